The van der Waals surface area contributed by atoms with Gasteiger partial charge >= 0.3 is 0 Å². The van der Waals surface area contributed by atoms with Gasteiger partial charge in [-0.15, -0.1) is 0 Å². The standard InChI is InChI=1S/C43H31N3S/c1-43(2)36-20-9-6-17-32(36)33-24-23-29(25-37(33)43)39-27-38(28-13-4-3-5-14-28)44-42(45-39)47-31-16-12-15-30(26-31)46-40-21-10-7-18-34(40)35-19-8-11-22-41(35)46/h3-27H,1-2H3. The molecule has 6 aromatic carbocycles. The van der Waals surface area contributed by atoms with Gasteiger partial charge in [-0.1, -0.05) is 123 Å². The zero-order valence-corrected chi connectivity index (χ0v) is 27.0. The van der Waals surface area contributed by atoms with E-state index in [2.05, 4.69) is 164 Å². The van der Waals surface area contributed by atoms with Crippen molar-refractivity contribution in [3.05, 3.63) is 163 Å². The minimum absolute atomic E-state index is 0.0813. The van der Waals surface area contributed by atoms with Gasteiger partial charge in [0, 0.05) is 37.9 Å². The lowest BCUT2D eigenvalue weighted by Crippen LogP contribution is -2.14. The Kier molecular flexibility index (Phi) is 6.41. The summed E-state index contributed by atoms with van der Waals surface area (Å²) in [7, 11) is 0. The second kappa shape index (κ2) is 10.8. The second-order valence-electron chi connectivity index (χ2n) is 12.7. The molecule has 8 aromatic rings. The Morgan fingerprint density at radius 1 is 0.511 bits per heavy atom. The predicted molar refractivity (Wildman–Crippen MR) is 195 cm³/mol. The zero-order valence-electron chi connectivity index (χ0n) is 26.2. The van der Waals surface area contributed by atoms with Crippen molar-refractivity contribution in [2.75, 3.05) is 0 Å². The third kappa shape index (κ3) is 4.59. The van der Waals surface area contributed by atoms with E-state index in [-0.39, 0.29) is 5.41 Å². The molecule has 0 fully saturated rings. The molecule has 47 heavy (non-hydrogen) atoms. The van der Waals surface area contributed by atoms with E-state index in [1.54, 1.807) is 11.8 Å². The molecule has 0 bridgehead atoms. The molecule has 1 aliphatic carbocycles. The quantitative estimate of drug-likeness (QED) is 0.179. The van der Waals surface area contributed by atoms with Gasteiger partial charge in [-0.3, -0.25) is 0 Å². The molecule has 0 radical (unpaired) electrons. The number of rotatable bonds is 5. The van der Waals surface area contributed by atoms with Gasteiger partial charge in [0.2, 0.25) is 0 Å². The summed E-state index contributed by atoms with van der Waals surface area (Å²) >= 11 is 1.61. The molecule has 2 aromatic heterocycles. The van der Waals surface area contributed by atoms with Crippen LogP contribution >= 0.6 is 11.8 Å². The van der Waals surface area contributed by atoms with Gasteiger partial charge in [-0.25, -0.2) is 9.97 Å². The molecule has 0 unspecified atom stereocenters. The van der Waals surface area contributed by atoms with Crippen LogP contribution in [0.15, 0.2) is 162 Å². The van der Waals surface area contributed by atoms with Crippen molar-refractivity contribution in [1.82, 2.24) is 14.5 Å². The topological polar surface area (TPSA) is 30.7 Å². The van der Waals surface area contributed by atoms with Crippen molar-refractivity contribution >= 4 is 33.6 Å². The van der Waals surface area contributed by atoms with Gasteiger partial charge in [0.25, 0.3) is 0 Å². The fourth-order valence-electron chi connectivity index (χ4n) is 7.23. The molecular formula is C43H31N3S. The molecule has 0 aliphatic heterocycles. The first-order valence-corrected chi connectivity index (χ1v) is 16.8. The summed E-state index contributed by atoms with van der Waals surface area (Å²) in [5.41, 5.74) is 12.8. The SMILES string of the molecule is CC1(C)c2ccccc2-c2ccc(-c3cc(-c4ccccc4)nc(Sc4cccc(-n5c6ccccc6c6ccccc65)c4)n3)cc21. The highest BCUT2D eigenvalue weighted by atomic mass is 32.2. The van der Waals surface area contributed by atoms with E-state index in [9.17, 15) is 0 Å². The molecule has 0 saturated heterocycles. The van der Waals surface area contributed by atoms with Gasteiger partial charge in [0.15, 0.2) is 5.16 Å². The largest absolute Gasteiger partial charge is 0.309 e. The molecule has 9 rings (SSSR count). The summed E-state index contributed by atoms with van der Waals surface area (Å²) in [6.07, 6.45) is 0. The lowest BCUT2D eigenvalue weighted by atomic mass is 9.82. The molecule has 0 amide bonds. The van der Waals surface area contributed by atoms with Gasteiger partial charge in [-0.05, 0) is 76.5 Å². The van der Waals surface area contributed by atoms with Crippen LogP contribution in [0.4, 0.5) is 0 Å². The minimum atomic E-state index is -0.0813. The molecular weight excluding hydrogens is 591 g/mol. The monoisotopic (exact) mass is 621 g/mol. The van der Waals surface area contributed by atoms with E-state index < -0.39 is 0 Å². The molecule has 1 aliphatic rings. The van der Waals surface area contributed by atoms with E-state index >= 15 is 0 Å². The fraction of sp³-hybridized carbons (Fsp3) is 0.0698. The molecule has 2 heterocycles. The van der Waals surface area contributed by atoms with Crippen LogP contribution < -0.4 is 0 Å². The number of nitrogens with zero attached hydrogens (tertiary/aromatic N) is 3. The van der Waals surface area contributed by atoms with Gasteiger partial charge in [0.1, 0.15) is 0 Å². The molecule has 0 atom stereocenters. The Hall–Kier alpha value is -5.45. The van der Waals surface area contributed by atoms with Crippen LogP contribution in [0.25, 0.3) is 61.1 Å². The number of hydrogen-bond donors (Lipinski definition) is 0. The van der Waals surface area contributed by atoms with E-state index in [4.69, 9.17) is 9.97 Å². The van der Waals surface area contributed by atoms with Crippen molar-refractivity contribution in [2.24, 2.45) is 0 Å². The third-order valence-electron chi connectivity index (χ3n) is 9.52. The number of fused-ring (bicyclic) bond motifs is 6. The zero-order chi connectivity index (χ0) is 31.5. The van der Waals surface area contributed by atoms with Crippen molar-refractivity contribution in [2.45, 2.75) is 29.3 Å². The number of aromatic nitrogens is 3. The number of benzene rings is 6. The summed E-state index contributed by atoms with van der Waals surface area (Å²) in [5, 5.41) is 3.24. The smallest absolute Gasteiger partial charge is 0.193 e. The van der Waals surface area contributed by atoms with Crippen LogP contribution in [0.3, 0.4) is 0 Å². The Morgan fingerprint density at radius 3 is 1.91 bits per heavy atom. The molecule has 4 heteroatoms. The first-order valence-electron chi connectivity index (χ1n) is 16.0. The Balaban J connectivity index is 1.15. The fourth-order valence-corrected chi connectivity index (χ4v) is 8.06. The molecule has 0 saturated carbocycles. The number of para-hydroxylation sites is 2. The average molecular weight is 622 g/mol. The maximum Gasteiger partial charge on any atom is 0.193 e. The van der Waals surface area contributed by atoms with E-state index in [0.29, 0.717) is 0 Å². The third-order valence-corrected chi connectivity index (χ3v) is 10.4. The normalized spacial score (nSPS) is 13.1. The minimum Gasteiger partial charge on any atom is -0.309 e. The first kappa shape index (κ1) is 27.8. The van der Waals surface area contributed by atoms with Gasteiger partial charge in [0.05, 0.1) is 22.4 Å². The highest BCUT2D eigenvalue weighted by Gasteiger charge is 2.35. The van der Waals surface area contributed by atoms with Crippen molar-refractivity contribution in [1.29, 1.82) is 0 Å². The summed E-state index contributed by atoms with van der Waals surface area (Å²) in [6, 6.07) is 54.1. The van der Waals surface area contributed by atoms with E-state index in [1.807, 2.05) is 6.07 Å². The van der Waals surface area contributed by atoms with Crippen LogP contribution in [0.1, 0.15) is 25.0 Å². The highest BCUT2D eigenvalue weighted by Crippen LogP contribution is 2.49. The summed E-state index contributed by atoms with van der Waals surface area (Å²) in [4.78, 5) is 11.4. The van der Waals surface area contributed by atoms with Crippen LogP contribution in [0.5, 0.6) is 0 Å². The average Bonchev–Trinajstić information content (AvgIpc) is 3.57. The molecule has 224 valence electrons. The Labute approximate surface area is 278 Å². The molecule has 3 nitrogen and oxygen atoms in total. The predicted octanol–water partition coefficient (Wildman–Crippen LogP) is 11.4. The van der Waals surface area contributed by atoms with Crippen LogP contribution in [-0.2, 0) is 5.41 Å². The molecule has 0 N–H and O–H groups in total. The van der Waals surface area contributed by atoms with Gasteiger partial charge < -0.3 is 4.57 Å². The second-order valence-corrected chi connectivity index (χ2v) is 13.7. The van der Waals surface area contributed by atoms with Crippen LogP contribution in [-0.4, -0.2) is 14.5 Å². The van der Waals surface area contributed by atoms with Gasteiger partial charge in [-0.2, -0.15) is 0 Å². The van der Waals surface area contributed by atoms with Crippen LogP contribution in [0, 0.1) is 0 Å². The first-order chi connectivity index (χ1) is 23.0. The van der Waals surface area contributed by atoms with Crippen molar-refractivity contribution in [3.63, 3.8) is 0 Å². The number of hydrogen-bond acceptors (Lipinski definition) is 3. The maximum atomic E-state index is 5.18. The molecule has 0 spiro atoms. The van der Waals surface area contributed by atoms with E-state index in [0.717, 1.165) is 38.3 Å². The lowest BCUT2D eigenvalue weighted by Gasteiger charge is -2.22. The van der Waals surface area contributed by atoms with E-state index in [1.165, 1.54) is 44.1 Å². The van der Waals surface area contributed by atoms with Crippen molar-refractivity contribution < 1.29 is 0 Å². The summed E-state index contributed by atoms with van der Waals surface area (Å²) in [5.74, 6) is 0. The summed E-state index contributed by atoms with van der Waals surface area (Å²) < 4.78 is 2.35. The Bertz CT molecular complexity index is 2420. The maximum absolute atomic E-state index is 5.18. The Morgan fingerprint density at radius 2 is 1.15 bits per heavy atom. The van der Waals surface area contributed by atoms with Crippen molar-refractivity contribution in [3.8, 4) is 39.3 Å². The lowest BCUT2D eigenvalue weighted by molar-refractivity contribution is 0.660. The highest BCUT2D eigenvalue weighted by molar-refractivity contribution is 7.99. The van der Waals surface area contributed by atoms with Crippen LogP contribution in [0.2, 0.25) is 0 Å². The summed E-state index contributed by atoms with van der Waals surface area (Å²) in [6.45, 7) is 4.64.